The van der Waals surface area contributed by atoms with Gasteiger partial charge in [0.1, 0.15) is 12.3 Å². The zero-order chi connectivity index (χ0) is 22.7. The van der Waals surface area contributed by atoms with E-state index < -0.39 is 6.09 Å². The minimum absolute atomic E-state index is 0.144. The predicted molar refractivity (Wildman–Crippen MR) is 123 cm³/mol. The number of aromatic hydroxyl groups is 1. The van der Waals surface area contributed by atoms with E-state index in [1.54, 1.807) is 23.1 Å². The summed E-state index contributed by atoms with van der Waals surface area (Å²) < 4.78 is 5.09. The van der Waals surface area contributed by atoms with E-state index in [9.17, 15) is 14.7 Å². The molecule has 0 saturated carbocycles. The number of aryl methyl sites for hydroxylation is 1. The third-order valence-corrected chi connectivity index (χ3v) is 5.90. The number of unbranched alkanes of at least 4 members (excludes halogenated alkanes) is 1. The number of rotatable bonds is 6. The molecule has 0 aliphatic carbocycles. The van der Waals surface area contributed by atoms with Gasteiger partial charge in [0.25, 0.3) is 0 Å². The van der Waals surface area contributed by atoms with E-state index in [1.165, 1.54) is 11.1 Å². The number of hydrogen-bond acceptors (Lipinski definition) is 4. The number of nitrogens with one attached hydrogen (secondary N) is 2. The number of amides is 2. The minimum atomic E-state index is -0.584. The maximum Gasteiger partial charge on any atom is 0.407 e. The lowest BCUT2D eigenvalue weighted by atomic mass is 9.92. The van der Waals surface area contributed by atoms with E-state index in [-0.39, 0.29) is 24.2 Å². The average Bonchev–Trinajstić information content (AvgIpc) is 3.14. The Morgan fingerprint density at radius 2 is 2.09 bits per heavy atom. The highest BCUT2D eigenvalue weighted by Gasteiger charge is 2.34. The molecule has 3 N–H and O–H groups in total. The molecule has 0 radical (unpaired) electrons. The van der Waals surface area contributed by atoms with Gasteiger partial charge >= 0.3 is 6.09 Å². The van der Waals surface area contributed by atoms with Gasteiger partial charge in [-0.2, -0.15) is 0 Å². The van der Waals surface area contributed by atoms with Gasteiger partial charge in [-0.15, -0.1) is 0 Å². The fraction of sp³-hybridized carbons (Fsp3) is 0.360. The summed E-state index contributed by atoms with van der Waals surface area (Å²) in [6.45, 7) is 4.79. The maximum atomic E-state index is 13.2. The van der Waals surface area contributed by atoms with Crippen LogP contribution < -0.4 is 5.32 Å². The number of aromatic nitrogens is 1. The normalized spacial score (nSPS) is 15.4. The predicted octanol–water partition coefficient (Wildman–Crippen LogP) is 4.18. The molecule has 1 aliphatic rings. The first-order valence-corrected chi connectivity index (χ1v) is 11.1. The number of ether oxygens (including phenoxy) is 1. The van der Waals surface area contributed by atoms with Crippen molar-refractivity contribution in [2.24, 2.45) is 0 Å². The lowest BCUT2D eigenvalue weighted by Gasteiger charge is -2.36. The Bertz CT molecular complexity index is 1140. The van der Waals surface area contributed by atoms with Gasteiger partial charge in [0.15, 0.2) is 0 Å². The van der Waals surface area contributed by atoms with Gasteiger partial charge in [0, 0.05) is 23.1 Å². The average molecular weight is 436 g/mol. The van der Waals surface area contributed by atoms with Crippen molar-refractivity contribution in [1.29, 1.82) is 0 Å². The molecule has 7 nitrogen and oxygen atoms in total. The number of H-pyrrole nitrogens is 1. The molecule has 32 heavy (non-hydrogen) atoms. The lowest BCUT2D eigenvalue weighted by Crippen LogP contribution is -2.45. The van der Waals surface area contributed by atoms with Crippen LogP contribution in [0.4, 0.5) is 4.79 Å². The monoisotopic (exact) mass is 435 g/mol. The molecule has 2 aromatic carbocycles. The molecular formula is C25H29N3O4. The van der Waals surface area contributed by atoms with Crippen LogP contribution in [-0.4, -0.2) is 46.7 Å². The molecule has 7 heteroatoms. The molecule has 1 atom stereocenters. The second kappa shape index (κ2) is 9.34. The van der Waals surface area contributed by atoms with Gasteiger partial charge in [0.05, 0.1) is 12.6 Å². The summed E-state index contributed by atoms with van der Waals surface area (Å²) in [7, 11) is 0. The van der Waals surface area contributed by atoms with Crippen molar-refractivity contribution < 1.29 is 19.4 Å². The van der Waals surface area contributed by atoms with Crippen molar-refractivity contribution in [3.8, 4) is 5.75 Å². The SMILES string of the molecule is CCCCOC(=O)NCC(=O)N1CCc2c([nH]c3ccc(C)cc23)C1c1cccc(O)c1. The van der Waals surface area contributed by atoms with Crippen LogP contribution in [0.25, 0.3) is 10.9 Å². The second-order valence-corrected chi connectivity index (χ2v) is 8.24. The Morgan fingerprint density at radius 1 is 1.25 bits per heavy atom. The number of fused-ring (bicyclic) bond motifs is 3. The summed E-state index contributed by atoms with van der Waals surface area (Å²) in [5, 5.41) is 13.8. The van der Waals surface area contributed by atoms with Crippen LogP contribution in [0.15, 0.2) is 42.5 Å². The van der Waals surface area contributed by atoms with Crippen molar-refractivity contribution in [2.45, 2.75) is 39.2 Å². The highest BCUT2D eigenvalue weighted by molar-refractivity contribution is 5.88. The third kappa shape index (κ3) is 4.42. The third-order valence-electron chi connectivity index (χ3n) is 5.90. The van der Waals surface area contributed by atoms with E-state index in [1.807, 2.05) is 13.0 Å². The zero-order valence-corrected chi connectivity index (χ0v) is 18.5. The zero-order valence-electron chi connectivity index (χ0n) is 18.5. The van der Waals surface area contributed by atoms with Crippen LogP contribution in [-0.2, 0) is 16.0 Å². The number of hydrogen-bond donors (Lipinski definition) is 3. The summed E-state index contributed by atoms with van der Waals surface area (Å²) in [6, 6.07) is 12.9. The number of carbonyl (C=O) groups is 2. The Hall–Kier alpha value is -3.48. The topological polar surface area (TPSA) is 94.7 Å². The smallest absolute Gasteiger partial charge is 0.407 e. The van der Waals surface area contributed by atoms with E-state index in [0.29, 0.717) is 19.6 Å². The summed E-state index contributed by atoms with van der Waals surface area (Å²) in [4.78, 5) is 30.3. The number of phenolic OH excluding ortho intramolecular Hbond substituents is 1. The van der Waals surface area contributed by atoms with Gasteiger partial charge in [-0.3, -0.25) is 4.79 Å². The first-order valence-electron chi connectivity index (χ1n) is 11.1. The molecular weight excluding hydrogens is 406 g/mol. The van der Waals surface area contributed by atoms with Crippen LogP contribution in [0.1, 0.15) is 48.2 Å². The maximum absolute atomic E-state index is 13.2. The van der Waals surface area contributed by atoms with E-state index in [0.717, 1.165) is 35.0 Å². The summed E-state index contributed by atoms with van der Waals surface area (Å²) >= 11 is 0. The fourth-order valence-electron chi connectivity index (χ4n) is 4.32. The molecule has 4 rings (SSSR count). The number of phenols is 1. The molecule has 0 fully saturated rings. The van der Waals surface area contributed by atoms with Crippen molar-refractivity contribution in [1.82, 2.24) is 15.2 Å². The highest BCUT2D eigenvalue weighted by Crippen LogP contribution is 2.39. The van der Waals surface area contributed by atoms with Crippen molar-refractivity contribution in [3.63, 3.8) is 0 Å². The van der Waals surface area contributed by atoms with Crippen molar-refractivity contribution in [3.05, 3.63) is 64.8 Å². The molecule has 0 spiro atoms. The summed E-state index contributed by atoms with van der Waals surface area (Å²) in [5.41, 5.74) is 5.15. The lowest BCUT2D eigenvalue weighted by molar-refractivity contribution is -0.132. The van der Waals surface area contributed by atoms with E-state index in [4.69, 9.17) is 4.74 Å². The largest absolute Gasteiger partial charge is 0.508 e. The highest BCUT2D eigenvalue weighted by atomic mass is 16.5. The molecule has 168 valence electrons. The number of benzene rings is 2. The Kier molecular flexibility index (Phi) is 6.35. The summed E-state index contributed by atoms with van der Waals surface area (Å²) in [5.74, 6) is -0.0575. The van der Waals surface area contributed by atoms with Crippen LogP contribution in [0.2, 0.25) is 0 Å². The van der Waals surface area contributed by atoms with Crippen LogP contribution >= 0.6 is 0 Å². The van der Waals surface area contributed by atoms with Crippen molar-refractivity contribution >= 4 is 22.9 Å². The van der Waals surface area contributed by atoms with Crippen LogP contribution in [0, 0.1) is 6.92 Å². The molecule has 3 aromatic rings. The molecule has 1 unspecified atom stereocenters. The summed E-state index contributed by atoms with van der Waals surface area (Å²) in [6.07, 6.45) is 1.84. The Morgan fingerprint density at radius 3 is 2.88 bits per heavy atom. The molecule has 1 aromatic heterocycles. The first-order chi connectivity index (χ1) is 15.5. The van der Waals surface area contributed by atoms with Crippen molar-refractivity contribution in [2.75, 3.05) is 19.7 Å². The molecule has 1 aliphatic heterocycles. The van der Waals surface area contributed by atoms with E-state index in [2.05, 4.69) is 35.4 Å². The van der Waals surface area contributed by atoms with Gasteiger partial charge in [-0.1, -0.05) is 37.1 Å². The standard InChI is InChI=1S/C25H29N3O4/c1-3-4-12-32-25(31)26-15-22(30)28-11-10-19-20-13-16(2)8-9-21(20)27-23(19)24(28)17-6-5-7-18(29)14-17/h5-9,13-14,24,27,29H,3-4,10-12,15H2,1-2H3,(H,26,31). The molecule has 0 saturated heterocycles. The fourth-order valence-corrected chi connectivity index (χ4v) is 4.32. The van der Waals surface area contributed by atoms with Gasteiger partial charge in [-0.05, 0) is 55.2 Å². The van der Waals surface area contributed by atoms with Gasteiger partial charge < -0.3 is 25.0 Å². The van der Waals surface area contributed by atoms with Gasteiger partial charge in [-0.25, -0.2) is 4.79 Å². The van der Waals surface area contributed by atoms with Gasteiger partial charge in [0.2, 0.25) is 5.91 Å². The first kappa shape index (κ1) is 21.7. The number of aromatic amines is 1. The molecule has 2 amide bonds. The van der Waals surface area contributed by atoms with E-state index >= 15 is 0 Å². The Labute approximate surface area is 187 Å². The number of carbonyl (C=O) groups excluding carboxylic acids is 2. The quantitative estimate of drug-likeness (QED) is 0.506. The number of alkyl carbamates (subject to hydrolysis) is 1. The number of nitrogens with zero attached hydrogens (tertiary/aromatic N) is 1. The molecule has 0 bridgehead atoms. The minimum Gasteiger partial charge on any atom is -0.508 e. The second-order valence-electron chi connectivity index (χ2n) is 8.24. The molecule has 2 heterocycles. The van der Waals surface area contributed by atoms with Crippen LogP contribution in [0.3, 0.4) is 0 Å². The Balaban J connectivity index is 1.63. The van der Waals surface area contributed by atoms with Crippen LogP contribution in [0.5, 0.6) is 5.75 Å².